The first kappa shape index (κ1) is 6.62. The van der Waals surface area contributed by atoms with Crippen LogP contribution in [0.1, 0.15) is 12.5 Å². The Morgan fingerprint density at radius 3 is 2.90 bits per heavy atom. The molecule has 0 bridgehead atoms. The van der Waals surface area contributed by atoms with Gasteiger partial charge in [0.25, 0.3) is 0 Å². The molecule has 0 spiro atoms. The molecule has 1 heterocycles. The highest BCUT2D eigenvalue weighted by atomic mass is 15.3. The van der Waals surface area contributed by atoms with Gasteiger partial charge in [-0.2, -0.15) is 10.4 Å². The van der Waals surface area contributed by atoms with Crippen LogP contribution >= 0.6 is 0 Å². The Morgan fingerprint density at radius 1 is 1.90 bits per heavy atom. The van der Waals surface area contributed by atoms with Crippen molar-refractivity contribution < 1.29 is 0 Å². The molecule has 52 valence electrons. The largest absolute Gasteiger partial charge is 0.383 e. The van der Waals surface area contributed by atoms with Crippen LogP contribution in [0, 0.1) is 11.3 Å². The lowest BCUT2D eigenvalue weighted by Gasteiger charge is -1.95. The average Bonchev–Trinajstić information content (AvgIpc) is 2.30. The fraction of sp³-hybridized carbons (Fsp3) is 0.333. The van der Waals surface area contributed by atoms with Crippen LogP contribution in [0.4, 0.5) is 5.82 Å². The average molecular weight is 136 g/mol. The van der Waals surface area contributed by atoms with Gasteiger partial charge in [-0.1, -0.05) is 0 Å². The first-order chi connectivity index (χ1) is 4.79. The molecule has 1 aromatic heterocycles. The molecule has 0 fully saturated rings. The summed E-state index contributed by atoms with van der Waals surface area (Å²) in [4.78, 5) is 0. The Kier molecular flexibility index (Phi) is 1.59. The summed E-state index contributed by atoms with van der Waals surface area (Å²) in [7, 11) is 0. The second-order valence-electron chi connectivity index (χ2n) is 1.87. The number of nitriles is 1. The molecule has 0 saturated carbocycles. The SMILES string of the molecule is CCn1ncc(C#N)c1N. The maximum Gasteiger partial charge on any atom is 0.139 e. The lowest BCUT2D eigenvalue weighted by Crippen LogP contribution is -2.02. The van der Waals surface area contributed by atoms with E-state index in [0.717, 1.165) is 0 Å². The molecular weight excluding hydrogens is 128 g/mol. The summed E-state index contributed by atoms with van der Waals surface area (Å²) in [6.07, 6.45) is 1.47. The molecule has 2 N–H and O–H groups in total. The highest BCUT2D eigenvalue weighted by Crippen LogP contribution is 2.07. The molecule has 0 saturated heterocycles. The minimum absolute atomic E-state index is 0.446. The molecule has 4 nitrogen and oxygen atoms in total. The van der Waals surface area contributed by atoms with Gasteiger partial charge < -0.3 is 5.73 Å². The zero-order chi connectivity index (χ0) is 7.56. The van der Waals surface area contributed by atoms with E-state index in [1.54, 1.807) is 4.68 Å². The quantitative estimate of drug-likeness (QED) is 0.606. The van der Waals surface area contributed by atoms with Gasteiger partial charge in [-0.05, 0) is 6.92 Å². The van der Waals surface area contributed by atoms with Gasteiger partial charge in [0.05, 0.1) is 6.20 Å². The molecule has 0 aliphatic heterocycles. The van der Waals surface area contributed by atoms with Gasteiger partial charge in [0.1, 0.15) is 17.5 Å². The third-order valence-electron chi connectivity index (χ3n) is 1.30. The molecule has 0 aromatic carbocycles. The standard InChI is InChI=1S/C6H8N4/c1-2-10-6(8)5(3-7)4-9-10/h4H,2,8H2,1H3. The van der Waals surface area contributed by atoms with Gasteiger partial charge in [0.2, 0.25) is 0 Å². The van der Waals surface area contributed by atoms with Crippen molar-refractivity contribution in [2.75, 3.05) is 5.73 Å². The molecule has 0 aliphatic carbocycles. The number of anilines is 1. The fourth-order valence-electron chi connectivity index (χ4n) is 0.733. The number of nitrogens with two attached hydrogens (primary N) is 1. The Labute approximate surface area is 58.9 Å². The maximum absolute atomic E-state index is 8.44. The summed E-state index contributed by atoms with van der Waals surface area (Å²) in [6, 6.07) is 1.94. The van der Waals surface area contributed by atoms with E-state index in [9.17, 15) is 0 Å². The van der Waals surface area contributed by atoms with E-state index >= 15 is 0 Å². The van der Waals surface area contributed by atoms with E-state index in [0.29, 0.717) is 17.9 Å². The van der Waals surface area contributed by atoms with E-state index in [1.165, 1.54) is 6.20 Å². The summed E-state index contributed by atoms with van der Waals surface area (Å²) in [5.41, 5.74) is 5.95. The first-order valence-electron chi connectivity index (χ1n) is 3.01. The summed E-state index contributed by atoms with van der Waals surface area (Å²) in [6.45, 7) is 2.62. The van der Waals surface area contributed by atoms with Crippen LogP contribution in [0.25, 0.3) is 0 Å². The van der Waals surface area contributed by atoms with Crippen molar-refractivity contribution in [3.05, 3.63) is 11.8 Å². The van der Waals surface area contributed by atoms with Gasteiger partial charge in [0, 0.05) is 6.54 Å². The molecule has 0 atom stereocenters. The highest BCUT2D eigenvalue weighted by Gasteiger charge is 2.02. The third-order valence-corrected chi connectivity index (χ3v) is 1.30. The number of hydrogen-bond acceptors (Lipinski definition) is 3. The Balaban J connectivity index is 3.12. The lowest BCUT2D eigenvalue weighted by molar-refractivity contribution is 0.670. The zero-order valence-electron chi connectivity index (χ0n) is 5.70. The minimum atomic E-state index is 0.446. The topological polar surface area (TPSA) is 67.6 Å². The van der Waals surface area contributed by atoms with Crippen LogP contribution in [0.2, 0.25) is 0 Å². The Hall–Kier alpha value is -1.50. The predicted molar refractivity (Wildman–Crippen MR) is 37.0 cm³/mol. The van der Waals surface area contributed by atoms with E-state index < -0.39 is 0 Å². The van der Waals surface area contributed by atoms with Crippen molar-refractivity contribution in [3.63, 3.8) is 0 Å². The smallest absolute Gasteiger partial charge is 0.139 e. The van der Waals surface area contributed by atoms with Crippen molar-refractivity contribution in [2.45, 2.75) is 13.5 Å². The van der Waals surface area contributed by atoms with E-state index in [2.05, 4.69) is 5.10 Å². The molecule has 0 amide bonds. The Bertz CT molecular complexity index is 268. The maximum atomic E-state index is 8.44. The van der Waals surface area contributed by atoms with Crippen LogP contribution in [0.3, 0.4) is 0 Å². The summed E-state index contributed by atoms with van der Waals surface area (Å²) >= 11 is 0. The molecular formula is C6H8N4. The van der Waals surface area contributed by atoms with Crippen LogP contribution < -0.4 is 5.73 Å². The monoisotopic (exact) mass is 136 g/mol. The molecule has 0 unspecified atom stereocenters. The highest BCUT2D eigenvalue weighted by molar-refractivity contribution is 5.47. The number of nitrogen functional groups attached to an aromatic ring is 1. The van der Waals surface area contributed by atoms with Crippen molar-refractivity contribution in [1.82, 2.24) is 9.78 Å². The fourth-order valence-corrected chi connectivity index (χ4v) is 0.733. The van der Waals surface area contributed by atoms with Gasteiger partial charge in [-0.3, -0.25) is 0 Å². The number of aryl methyl sites for hydroxylation is 1. The second-order valence-corrected chi connectivity index (χ2v) is 1.87. The minimum Gasteiger partial charge on any atom is -0.383 e. The second kappa shape index (κ2) is 2.40. The number of hydrogen-bond donors (Lipinski definition) is 1. The molecule has 0 aliphatic rings. The van der Waals surface area contributed by atoms with Crippen molar-refractivity contribution in [1.29, 1.82) is 5.26 Å². The van der Waals surface area contributed by atoms with E-state index in [1.807, 2.05) is 13.0 Å². The zero-order valence-corrected chi connectivity index (χ0v) is 5.70. The van der Waals surface area contributed by atoms with Crippen LogP contribution in [-0.2, 0) is 6.54 Å². The third kappa shape index (κ3) is 0.818. The molecule has 0 radical (unpaired) electrons. The van der Waals surface area contributed by atoms with Crippen molar-refractivity contribution in [2.24, 2.45) is 0 Å². The number of rotatable bonds is 1. The number of nitrogens with zero attached hydrogens (tertiary/aromatic N) is 3. The van der Waals surface area contributed by atoms with Crippen LogP contribution in [0.5, 0.6) is 0 Å². The summed E-state index contributed by atoms with van der Waals surface area (Å²) in [5, 5.41) is 12.3. The molecule has 1 rings (SSSR count). The van der Waals surface area contributed by atoms with Crippen LogP contribution in [0.15, 0.2) is 6.20 Å². The molecule has 4 heteroatoms. The summed E-state index contributed by atoms with van der Waals surface area (Å²) in [5.74, 6) is 0.449. The first-order valence-corrected chi connectivity index (χ1v) is 3.01. The van der Waals surface area contributed by atoms with Gasteiger partial charge in [-0.15, -0.1) is 0 Å². The number of aromatic nitrogens is 2. The molecule has 1 aromatic rings. The van der Waals surface area contributed by atoms with E-state index in [-0.39, 0.29) is 0 Å². The molecule has 10 heavy (non-hydrogen) atoms. The van der Waals surface area contributed by atoms with Gasteiger partial charge in [0.15, 0.2) is 0 Å². The van der Waals surface area contributed by atoms with Gasteiger partial charge in [-0.25, -0.2) is 4.68 Å². The normalized spacial score (nSPS) is 9.20. The van der Waals surface area contributed by atoms with Crippen molar-refractivity contribution in [3.8, 4) is 6.07 Å². The Morgan fingerprint density at radius 2 is 2.60 bits per heavy atom. The van der Waals surface area contributed by atoms with Crippen molar-refractivity contribution >= 4 is 5.82 Å². The lowest BCUT2D eigenvalue weighted by atomic mass is 10.4. The predicted octanol–water partition coefficient (Wildman–Crippen LogP) is 0.357. The summed E-state index contributed by atoms with van der Waals surface area (Å²) < 4.78 is 1.58. The van der Waals surface area contributed by atoms with Crippen LogP contribution in [-0.4, -0.2) is 9.78 Å². The van der Waals surface area contributed by atoms with Gasteiger partial charge >= 0.3 is 0 Å². The van der Waals surface area contributed by atoms with E-state index in [4.69, 9.17) is 11.0 Å².